The molecule has 2 rings (SSSR count). The summed E-state index contributed by atoms with van der Waals surface area (Å²) in [5, 5.41) is 0. The Balaban J connectivity index is 1.84. The molecule has 7 heteroatoms. The van der Waals surface area contributed by atoms with Crippen molar-refractivity contribution in [3.8, 4) is 0 Å². The van der Waals surface area contributed by atoms with Gasteiger partial charge in [-0.25, -0.2) is 4.79 Å². The number of esters is 1. The highest BCUT2D eigenvalue weighted by atomic mass is 32.2. The first kappa shape index (κ1) is 19.1. The lowest BCUT2D eigenvalue weighted by molar-refractivity contribution is -0.151. The van der Waals surface area contributed by atoms with Crippen molar-refractivity contribution in [3.63, 3.8) is 0 Å². The van der Waals surface area contributed by atoms with Crippen molar-refractivity contribution in [2.45, 2.75) is 30.2 Å². The monoisotopic (exact) mass is 362 g/mol. The molecular weight excluding hydrogens is 340 g/mol. The number of nitrogens with two attached hydrogens (primary N) is 1. The summed E-state index contributed by atoms with van der Waals surface area (Å²) in [7, 11) is 0. The summed E-state index contributed by atoms with van der Waals surface area (Å²) in [6, 6.07) is 7.10. The van der Waals surface area contributed by atoms with Gasteiger partial charge in [0, 0.05) is 17.5 Å². The molecule has 25 heavy (non-hydrogen) atoms. The van der Waals surface area contributed by atoms with Gasteiger partial charge in [0.2, 0.25) is 5.91 Å². The Morgan fingerprint density at radius 2 is 2.00 bits per heavy atom. The number of piperidine rings is 1. The van der Waals surface area contributed by atoms with Crippen LogP contribution in [0.25, 0.3) is 6.08 Å². The highest BCUT2D eigenvalue weighted by Gasteiger charge is 2.30. The van der Waals surface area contributed by atoms with Gasteiger partial charge in [-0.05, 0) is 49.3 Å². The van der Waals surface area contributed by atoms with E-state index in [9.17, 15) is 14.4 Å². The Hall–Kier alpha value is -2.28. The molecule has 1 aromatic carbocycles. The number of amides is 2. The fraction of sp³-hybridized carbons (Fsp3) is 0.389. The van der Waals surface area contributed by atoms with Crippen LogP contribution < -0.4 is 5.73 Å². The molecule has 0 aromatic heterocycles. The van der Waals surface area contributed by atoms with Gasteiger partial charge in [-0.2, -0.15) is 0 Å². The molecule has 134 valence electrons. The Labute approximate surface area is 151 Å². The molecule has 1 aromatic rings. The topological polar surface area (TPSA) is 89.7 Å². The van der Waals surface area contributed by atoms with Crippen LogP contribution in [0.2, 0.25) is 0 Å². The van der Waals surface area contributed by atoms with Gasteiger partial charge >= 0.3 is 5.97 Å². The molecule has 2 N–H and O–H groups in total. The second-order valence-corrected chi connectivity index (χ2v) is 6.59. The van der Waals surface area contributed by atoms with Crippen molar-refractivity contribution in [1.82, 2.24) is 4.90 Å². The minimum absolute atomic E-state index is 0.391. The smallest absolute Gasteiger partial charge is 0.331 e. The maximum absolute atomic E-state index is 12.2. The van der Waals surface area contributed by atoms with Gasteiger partial charge < -0.3 is 15.4 Å². The third-order valence-electron chi connectivity index (χ3n) is 4.02. The molecule has 1 aliphatic heterocycles. The average Bonchev–Trinajstić information content (AvgIpc) is 2.64. The molecule has 6 nitrogen and oxygen atoms in total. The van der Waals surface area contributed by atoms with Gasteiger partial charge in [-0.3, -0.25) is 9.59 Å². The summed E-state index contributed by atoms with van der Waals surface area (Å²) in [4.78, 5) is 37.9. The maximum atomic E-state index is 12.2. The van der Waals surface area contributed by atoms with Crippen LogP contribution in [-0.4, -0.2) is 48.1 Å². The maximum Gasteiger partial charge on any atom is 0.331 e. The number of carbonyl (C=O) groups excluding carboxylic acids is 3. The van der Waals surface area contributed by atoms with Gasteiger partial charge in [0.05, 0.1) is 0 Å². The van der Waals surface area contributed by atoms with Crippen molar-refractivity contribution in [1.29, 1.82) is 0 Å². The zero-order valence-corrected chi connectivity index (χ0v) is 15.0. The van der Waals surface area contributed by atoms with Crippen LogP contribution in [-0.2, 0) is 19.1 Å². The number of hydrogen-bond donors (Lipinski definition) is 1. The van der Waals surface area contributed by atoms with E-state index in [1.165, 1.54) is 11.0 Å². The first-order valence-corrected chi connectivity index (χ1v) is 9.31. The Morgan fingerprint density at radius 1 is 1.28 bits per heavy atom. The quantitative estimate of drug-likeness (QED) is 0.474. The highest BCUT2D eigenvalue weighted by molar-refractivity contribution is 7.98. The second kappa shape index (κ2) is 9.27. The molecule has 0 spiro atoms. The first-order chi connectivity index (χ1) is 12.0. The number of benzene rings is 1. The molecule has 1 aliphatic rings. The summed E-state index contributed by atoms with van der Waals surface area (Å²) in [5.74, 6) is -1.52. The largest absolute Gasteiger partial charge is 0.452 e. The van der Waals surface area contributed by atoms with Crippen molar-refractivity contribution in [3.05, 3.63) is 35.9 Å². The lowest BCUT2D eigenvalue weighted by Crippen LogP contribution is -2.51. The minimum Gasteiger partial charge on any atom is -0.452 e. The molecule has 0 saturated carbocycles. The van der Waals surface area contributed by atoms with Crippen LogP contribution in [0.15, 0.2) is 35.2 Å². The Bertz CT molecular complexity index is 658. The molecule has 1 fully saturated rings. The van der Waals surface area contributed by atoms with E-state index in [1.54, 1.807) is 17.8 Å². The zero-order chi connectivity index (χ0) is 18.2. The molecule has 0 radical (unpaired) electrons. The fourth-order valence-corrected chi connectivity index (χ4v) is 3.08. The summed E-state index contributed by atoms with van der Waals surface area (Å²) in [6.45, 7) is 0.0694. The summed E-state index contributed by atoms with van der Waals surface area (Å²) in [5.41, 5.74) is 6.20. The van der Waals surface area contributed by atoms with Gasteiger partial charge in [0.25, 0.3) is 5.91 Å². The van der Waals surface area contributed by atoms with E-state index < -0.39 is 30.4 Å². The molecule has 1 heterocycles. The number of ether oxygens (including phenoxy) is 1. The number of carbonyl (C=O) groups is 3. The number of primary amides is 1. The van der Waals surface area contributed by atoms with E-state index in [2.05, 4.69) is 0 Å². The van der Waals surface area contributed by atoms with E-state index in [4.69, 9.17) is 10.5 Å². The molecule has 0 aliphatic carbocycles. The van der Waals surface area contributed by atoms with E-state index in [1.807, 2.05) is 30.5 Å². The van der Waals surface area contributed by atoms with E-state index in [0.717, 1.165) is 23.3 Å². The van der Waals surface area contributed by atoms with Crippen molar-refractivity contribution in [2.75, 3.05) is 19.4 Å². The zero-order valence-electron chi connectivity index (χ0n) is 14.1. The predicted octanol–water partition coefficient (Wildman–Crippen LogP) is 1.83. The summed E-state index contributed by atoms with van der Waals surface area (Å²) in [6.07, 6.45) is 7.13. The van der Waals surface area contributed by atoms with Gasteiger partial charge in [-0.15, -0.1) is 11.8 Å². The Kier molecular flexibility index (Phi) is 7.06. The normalized spacial score (nSPS) is 17.5. The van der Waals surface area contributed by atoms with Gasteiger partial charge in [0.15, 0.2) is 6.61 Å². The van der Waals surface area contributed by atoms with Crippen LogP contribution in [0, 0.1) is 0 Å². The molecular formula is C18H22N2O4S. The number of hydrogen-bond acceptors (Lipinski definition) is 5. The number of thioether (sulfide) groups is 1. The van der Waals surface area contributed by atoms with Crippen molar-refractivity contribution in [2.24, 2.45) is 5.73 Å². The lowest BCUT2D eigenvalue weighted by atomic mass is 10.0. The van der Waals surface area contributed by atoms with Crippen LogP contribution in [0.1, 0.15) is 24.8 Å². The number of nitrogens with zero attached hydrogens (tertiary/aromatic N) is 1. The SMILES string of the molecule is CSc1ccc(/C=C/C(=O)OCC(=O)N2CCCC[C@H]2C(N)=O)cc1. The standard InChI is InChI=1S/C18H22N2O4S/c1-25-14-8-5-13(6-9-14)7-10-17(22)24-12-16(21)20-11-3-2-4-15(20)18(19)23/h5-10,15H,2-4,11-12H2,1H3,(H2,19,23)/b10-7+/t15-/m0/s1. The van der Waals surface area contributed by atoms with Gasteiger partial charge in [-0.1, -0.05) is 12.1 Å². The predicted molar refractivity (Wildman–Crippen MR) is 96.8 cm³/mol. The third-order valence-corrected chi connectivity index (χ3v) is 4.76. The van der Waals surface area contributed by atoms with Crippen molar-refractivity contribution < 1.29 is 19.1 Å². The number of likely N-dealkylation sites (tertiary alicyclic amines) is 1. The molecule has 0 unspecified atom stereocenters. The van der Waals surface area contributed by atoms with E-state index >= 15 is 0 Å². The third kappa shape index (κ3) is 5.63. The van der Waals surface area contributed by atoms with E-state index in [-0.39, 0.29) is 0 Å². The fourth-order valence-electron chi connectivity index (χ4n) is 2.67. The molecule has 1 atom stereocenters. The number of rotatable bonds is 6. The molecule has 0 bridgehead atoms. The summed E-state index contributed by atoms with van der Waals surface area (Å²) >= 11 is 1.64. The van der Waals surface area contributed by atoms with E-state index in [0.29, 0.717) is 13.0 Å². The molecule has 1 saturated heterocycles. The second-order valence-electron chi connectivity index (χ2n) is 5.72. The van der Waals surface area contributed by atoms with Gasteiger partial charge in [0.1, 0.15) is 6.04 Å². The minimum atomic E-state index is -0.606. The highest BCUT2D eigenvalue weighted by Crippen LogP contribution is 2.17. The van der Waals surface area contributed by atoms with Crippen LogP contribution >= 0.6 is 11.8 Å². The molecule has 2 amide bonds. The van der Waals surface area contributed by atoms with Crippen LogP contribution in [0.4, 0.5) is 0 Å². The average molecular weight is 362 g/mol. The van der Waals surface area contributed by atoms with Crippen molar-refractivity contribution >= 4 is 35.6 Å². The Morgan fingerprint density at radius 3 is 2.64 bits per heavy atom. The van der Waals surface area contributed by atoms with Crippen LogP contribution in [0.5, 0.6) is 0 Å². The first-order valence-electron chi connectivity index (χ1n) is 8.09. The lowest BCUT2D eigenvalue weighted by Gasteiger charge is -2.33. The summed E-state index contributed by atoms with van der Waals surface area (Å²) < 4.78 is 4.98. The van der Waals surface area contributed by atoms with Crippen LogP contribution in [0.3, 0.4) is 0 Å².